The first-order valence-corrected chi connectivity index (χ1v) is 9.86. The Labute approximate surface area is 170 Å². The number of rotatable bonds is 6. The lowest BCUT2D eigenvalue weighted by Gasteiger charge is -2.24. The van der Waals surface area contributed by atoms with Gasteiger partial charge in [-0.3, -0.25) is 9.78 Å². The molecule has 1 saturated heterocycles. The number of carbonyl (C=O) groups excluding carboxylic acids is 1. The van der Waals surface area contributed by atoms with Crippen molar-refractivity contribution in [3.63, 3.8) is 0 Å². The van der Waals surface area contributed by atoms with E-state index in [2.05, 4.69) is 0 Å². The molecule has 4 rings (SSSR count). The number of hydrogen-bond donors (Lipinski definition) is 0. The second-order valence-corrected chi connectivity index (χ2v) is 7.21. The highest BCUT2D eigenvalue weighted by Crippen LogP contribution is 2.31. The summed E-state index contributed by atoms with van der Waals surface area (Å²) in [6.45, 7) is 0.723. The van der Waals surface area contributed by atoms with E-state index in [9.17, 15) is 9.18 Å². The minimum Gasteiger partial charge on any atom is -0.484 e. The van der Waals surface area contributed by atoms with Crippen molar-refractivity contribution >= 4 is 5.91 Å². The molecule has 0 unspecified atom stereocenters. The highest BCUT2D eigenvalue weighted by atomic mass is 19.1. The van der Waals surface area contributed by atoms with Crippen molar-refractivity contribution in [3.8, 4) is 5.75 Å². The number of likely N-dealkylation sites (tertiary alicyclic amines) is 1. The summed E-state index contributed by atoms with van der Waals surface area (Å²) in [6.07, 6.45) is 2.38. The number of benzene rings is 2. The van der Waals surface area contributed by atoms with Crippen molar-refractivity contribution in [1.82, 2.24) is 9.88 Å². The standard InChI is InChI=1S/C24H23FN2O2/c25-19-8-4-7-18(15-19)16-20-9-5-12-22(26-20)23-13-6-14-27(23)24(28)17-29-21-10-2-1-3-11-21/h1-5,7-12,15,23H,6,13-14,16-17H2/t23-/m1/s1. The Morgan fingerprint density at radius 1 is 1.07 bits per heavy atom. The molecule has 3 aromatic rings. The van der Waals surface area contributed by atoms with E-state index in [1.165, 1.54) is 12.1 Å². The quantitative estimate of drug-likeness (QED) is 0.620. The van der Waals surface area contributed by atoms with Crippen LogP contribution in [-0.2, 0) is 11.2 Å². The fourth-order valence-electron chi connectivity index (χ4n) is 3.76. The molecule has 5 heteroatoms. The molecule has 1 amide bonds. The first kappa shape index (κ1) is 19.1. The Kier molecular flexibility index (Phi) is 5.84. The number of hydrogen-bond acceptors (Lipinski definition) is 3. The van der Waals surface area contributed by atoms with Gasteiger partial charge < -0.3 is 9.64 Å². The first-order valence-electron chi connectivity index (χ1n) is 9.86. The molecule has 2 heterocycles. The fourth-order valence-corrected chi connectivity index (χ4v) is 3.76. The normalized spacial score (nSPS) is 16.0. The molecule has 0 radical (unpaired) electrons. The highest BCUT2D eigenvalue weighted by Gasteiger charge is 2.31. The van der Waals surface area contributed by atoms with E-state index in [1.807, 2.05) is 59.5 Å². The molecule has 1 aromatic heterocycles. The van der Waals surface area contributed by atoms with E-state index in [4.69, 9.17) is 9.72 Å². The molecule has 2 aromatic carbocycles. The van der Waals surface area contributed by atoms with Crippen LogP contribution in [0.2, 0.25) is 0 Å². The molecule has 1 aliphatic rings. The summed E-state index contributed by atoms with van der Waals surface area (Å²) >= 11 is 0. The van der Waals surface area contributed by atoms with Crippen LogP contribution in [0.5, 0.6) is 5.75 Å². The van der Waals surface area contributed by atoms with E-state index in [0.29, 0.717) is 18.7 Å². The van der Waals surface area contributed by atoms with Gasteiger partial charge in [0, 0.05) is 18.7 Å². The largest absolute Gasteiger partial charge is 0.484 e. The maximum absolute atomic E-state index is 13.5. The molecule has 148 valence electrons. The molecular weight excluding hydrogens is 367 g/mol. The third-order valence-electron chi connectivity index (χ3n) is 5.12. The molecule has 1 aliphatic heterocycles. The zero-order valence-electron chi connectivity index (χ0n) is 16.1. The Morgan fingerprint density at radius 2 is 1.90 bits per heavy atom. The van der Waals surface area contributed by atoms with Crippen LogP contribution < -0.4 is 4.74 Å². The highest BCUT2D eigenvalue weighted by molar-refractivity contribution is 5.78. The predicted octanol–water partition coefficient (Wildman–Crippen LogP) is 4.55. The number of aromatic nitrogens is 1. The zero-order chi connectivity index (χ0) is 20.1. The van der Waals surface area contributed by atoms with Gasteiger partial charge in [-0.15, -0.1) is 0 Å². The van der Waals surface area contributed by atoms with Gasteiger partial charge in [-0.25, -0.2) is 4.39 Å². The van der Waals surface area contributed by atoms with Crippen LogP contribution in [0.4, 0.5) is 4.39 Å². The topological polar surface area (TPSA) is 42.4 Å². The first-order chi connectivity index (χ1) is 14.2. The third kappa shape index (κ3) is 4.80. The summed E-state index contributed by atoms with van der Waals surface area (Å²) in [6, 6.07) is 21.7. The molecule has 0 N–H and O–H groups in total. The van der Waals surface area contributed by atoms with E-state index in [-0.39, 0.29) is 24.4 Å². The van der Waals surface area contributed by atoms with Crippen molar-refractivity contribution in [2.45, 2.75) is 25.3 Å². The number of ether oxygens (including phenoxy) is 1. The number of pyridine rings is 1. The van der Waals surface area contributed by atoms with Crippen LogP contribution in [0.3, 0.4) is 0 Å². The second kappa shape index (κ2) is 8.86. The lowest BCUT2D eigenvalue weighted by molar-refractivity contribution is -0.134. The van der Waals surface area contributed by atoms with Gasteiger partial charge in [0.05, 0.1) is 11.7 Å². The molecule has 29 heavy (non-hydrogen) atoms. The van der Waals surface area contributed by atoms with Crippen molar-refractivity contribution in [2.24, 2.45) is 0 Å². The van der Waals surface area contributed by atoms with Gasteiger partial charge in [0.2, 0.25) is 0 Å². The Hall–Kier alpha value is -3.21. The van der Waals surface area contributed by atoms with E-state index >= 15 is 0 Å². The molecule has 0 aliphatic carbocycles. The van der Waals surface area contributed by atoms with Crippen molar-refractivity contribution in [3.05, 3.63) is 95.6 Å². The average Bonchev–Trinajstić information content (AvgIpc) is 3.23. The third-order valence-corrected chi connectivity index (χ3v) is 5.12. The summed E-state index contributed by atoms with van der Waals surface area (Å²) in [7, 11) is 0. The van der Waals surface area contributed by atoms with Crippen LogP contribution in [0.1, 0.15) is 35.8 Å². The number of para-hydroxylation sites is 1. The minimum atomic E-state index is -0.246. The van der Waals surface area contributed by atoms with E-state index in [0.717, 1.165) is 29.8 Å². The smallest absolute Gasteiger partial charge is 0.261 e. The maximum Gasteiger partial charge on any atom is 0.261 e. The monoisotopic (exact) mass is 390 g/mol. The molecule has 1 atom stereocenters. The Morgan fingerprint density at radius 3 is 2.72 bits per heavy atom. The zero-order valence-corrected chi connectivity index (χ0v) is 16.1. The van der Waals surface area contributed by atoms with Crippen LogP contribution in [0, 0.1) is 5.82 Å². The van der Waals surface area contributed by atoms with Crippen molar-refractivity contribution in [1.29, 1.82) is 0 Å². The van der Waals surface area contributed by atoms with Gasteiger partial charge in [0.25, 0.3) is 5.91 Å². The van der Waals surface area contributed by atoms with E-state index < -0.39 is 0 Å². The molecule has 0 saturated carbocycles. The maximum atomic E-state index is 13.5. The van der Waals surface area contributed by atoms with Crippen molar-refractivity contribution in [2.75, 3.05) is 13.2 Å². The molecule has 1 fully saturated rings. The second-order valence-electron chi connectivity index (χ2n) is 7.21. The molecule has 0 bridgehead atoms. The fraction of sp³-hybridized carbons (Fsp3) is 0.250. The van der Waals surface area contributed by atoms with Gasteiger partial charge in [0.15, 0.2) is 6.61 Å². The lowest BCUT2D eigenvalue weighted by atomic mass is 10.1. The van der Waals surface area contributed by atoms with E-state index in [1.54, 1.807) is 6.07 Å². The molecule has 0 spiro atoms. The predicted molar refractivity (Wildman–Crippen MR) is 109 cm³/mol. The minimum absolute atomic E-state index is 0.0174. The Bertz CT molecular complexity index is 977. The summed E-state index contributed by atoms with van der Waals surface area (Å²) in [5.74, 6) is 0.408. The van der Waals surface area contributed by atoms with Gasteiger partial charge >= 0.3 is 0 Å². The number of halogens is 1. The summed E-state index contributed by atoms with van der Waals surface area (Å²) in [4.78, 5) is 19.4. The number of nitrogens with zero attached hydrogens (tertiary/aromatic N) is 2. The summed E-state index contributed by atoms with van der Waals surface area (Å²) in [5, 5.41) is 0. The van der Waals surface area contributed by atoms with Crippen LogP contribution >= 0.6 is 0 Å². The number of amides is 1. The molecular formula is C24H23FN2O2. The van der Waals surface area contributed by atoms with Gasteiger partial charge in [-0.05, 0) is 54.8 Å². The van der Waals surface area contributed by atoms with Crippen molar-refractivity contribution < 1.29 is 13.9 Å². The number of carbonyl (C=O) groups is 1. The van der Waals surface area contributed by atoms with Crippen LogP contribution in [0.15, 0.2) is 72.8 Å². The average molecular weight is 390 g/mol. The van der Waals surface area contributed by atoms with Gasteiger partial charge in [-0.2, -0.15) is 0 Å². The molecule has 4 nitrogen and oxygen atoms in total. The van der Waals surface area contributed by atoms with Gasteiger partial charge in [0.1, 0.15) is 11.6 Å². The lowest BCUT2D eigenvalue weighted by Crippen LogP contribution is -2.34. The Balaban J connectivity index is 1.44. The summed E-state index contributed by atoms with van der Waals surface area (Å²) in [5.41, 5.74) is 2.63. The SMILES string of the molecule is O=C(COc1ccccc1)N1CCC[C@@H]1c1cccc(Cc2cccc(F)c2)n1. The van der Waals surface area contributed by atoms with Gasteiger partial charge in [-0.1, -0.05) is 36.4 Å². The van der Waals surface area contributed by atoms with Crippen LogP contribution in [0.25, 0.3) is 0 Å². The van der Waals surface area contributed by atoms with Crippen LogP contribution in [-0.4, -0.2) is 28.9 Å². The summed E-state index contributed by atoms with van der Waals surface area (Å²) < 4.78 is 19.1.